The van der Waals surface area contributed by atoms with Gasteiger partial charge in [-0.15, -0.1) is 0 Å². The molecular weight excluding hydrogens is 573 g/mol. The van der Waals surface area contributed by atoms with Crippen LogP contribution in [0.2, 0.25) is 5.02 Å². The molecular formula is C29H22ClF3N6O3. The number of likely N-dealkylation sites (tertiary alicyclic amines) is 1. The average molecular weight is 595 g/mol. The quantitative estimate of drug-likeness (QED) is 0.262. The van der Waals surface area contributed by atoms with Gasteiger partial charge in [-0.25, -0.2) is 13.8 Å². The number of hydrogen-bond donors (Lipinski definition) is 2. The van der Waals surface area contributed by atoms with Gasteiger partial charge in [0, 0.05) is 29.5 Å². The summed E-state index contributed by atoms with van der Waals surface area (Å²) in [7, 11) is 0. The number of rotatable bonds is 6. The van der Waals surface area contributed by atoms with Crippen molar-refractivity contribution in [1.82, 2.24) is 25.0 Å². The van der Waals surface area contributed by atoms with E-state index in [1.165, 1.54) is 41.1 Å². The highest BCUT2D eigenvalue weighted by molar-refractivity contribution is 6.30. The molecule has 42 heavy (non-hydrogen) atoms. The van der Waals surface area contributed by atoms with Crippen LogP contribution in [0.25, 0.3) is 10.9 Å². The zero-order valence-corrected chi connectivity index (χ0v) is 22.5. The van der Waals surface area contributed by atoms with Gasteiger partial charge in [-0.1, -0.05) is 35.7 Å². The molecule has 0 spiro atoms. The molecule has 3 heterocycles. The zero-order valence-electron chi connectivity index (χ0n) is 21.8. The lowest BCUT2D eigenvalue weighted by atomic mass is 10.1. The number of nitrogens with one attached hydrogen (secondary N) is 1. The van der Waals surface area contributed by atoms with Crippen LogP contribution in [-0.2, 0) is 22.7 Å². The normalized spacial score (nSPS) is 16.2. The topological polar surface area (TPSA) is 123 Å². The number of fused-ring (bicyclic) bond motifs is 1. The summed E-state index contributed by atoms with van der Waals surface area (Å²) in [5.41, 5.74) is 6.58. The van der Waals surface area contributed by atoms with Crippen molar-refractivity contribution in [3.63, 3.8) is 0 Å². The van der Waals surface area contributed by atoms with E-state index in [1.54, 1.807) is 18.2 Å². The van der Waals surface area contributed by atoms with Crippen LogP contribution in [0.4, 0.5) is 13.2 Å². The molecule has 2 aromatic heterocycles. The van der Waals surface area contributed by atoms with Gasteiger partial charge >= 0.3 is 0 Å². The van der Waals surface area contributed by atoms with Crippen LogP contribution in [0, 0.1) is 23.6 Å². The zero-order chi connectivity index (χ0) is 30.0. The van der Waals surface area contributed by atoms with Gasteiger partial charge in [0.1, 0.15) is 30.3 Å². The third-order valence-corrected chi connectivity index (χ3v) is 6.97. The van der Waals surface area contributed by atoms with Crippen LogP contribution in [0.1, 0.15) is 33.7 Å². The molecule has 0 unspecified atom stereocenters. The summed E-state index contributed by atoms with van der Waals surface area (Å²) in [6.07, 6.45) is -1.68. The van der Waals surface area contributed by atoms with Gasteiger partial charge in [-0.2, -0.15) is 9.49 Å². The van der Waals surface area contributed by atoms with Crippen molar-refractivity contribution in [1.29, 1.82) is 0 Å². The highest BCUT2D eigenvalue weighted by atomic mass is 35.5. The molecule has 0 radical (unpaired) electrons. The number of halogens is 4. The van der Waals surface area contributed by atoms with Crippen molar-refractivity contribution in [2.45, 2.75) is 31.7 Å². The first-order valence-corrected chi connectivity index (χ1v) is 13.1. The molecule has 5 rings (SSSR count). The first-order valence-electron chi connectivity index (χ1n) is 12.7. The Morgan fingerprint density at radius 1 is 1.10 bits per heavy atom. The summed E-state index contributed by atoms with van der Waals surface area (Å²) in [6, 6.07) is 12.2. The summed E-state index contributed by atoms with van der Waals surface area (Å²) in [6.45, 7) is -0.938. The van der Waals surface area contributed by atoms with Gasteiger partial charge < -0.3 is 16.0 Å². The summed E-state index contributed by atoms with van der Waals surface area (Å²) in [5, 5.41) is 6.94. The fraction of sp³-hybridized carbons (Fsp3) is 0.207. The van der Waals surface area contributed by atoms with E-state index in [0.29, 0.717) is 16.5 Å². The smallest absolute Gasteiger partial charge is 0.269 e. The van der Waals surface area contributed by atoms with Gasteiger partial charge in [0.2, 0.25) is 17.8 Å². The Kier molecular flexibility index (Phi) is 8.13. The fourth-order valence-electron chi connectivity index (χ4n) is 4.69. The van der Waals surface area contributed by atoms with E-state index in [9.17, 15) is 27.6 Å². The number of pyridine rings is 1. The second kappa shape index (κ2) is 11.9. The maximum atomic E-state index is 14.4. The molecule has 0 saturated carbocycles. The number of carbonyl (C=O) groups excluding carboxylic acids is 3. The second-order valence-corrected chi connectivity index (χ2v) is 9.93. The van der Waals surface area contributed by atoms with Crippen molar-refractivity contribution >= 4 is 40.2 Å². The van der Waals surface area contributed by atoms with E-state index in [2.05, 4.69) is 27.2 Å². The molecule has 3 amide bonds. The van der Waals surface area contributed by atoms with Gasteiger partial charge in [0.15, 0.2) is 5.69 Å². The van der Waals surface area contributed by atoms with Gasteiger partial charge in [0.05, 0.1) is 17.1 Å². The number of benzene rings is 2. The molecule has 1 saturated heterocycles. The predicted octanol–water partition coefficient (Wildman–Crippen LogP) is 3.12. The predicted molar refractivity (Wildman–Crippen MR) is 147 cm³/mol. The molecule has 2 aromatic carbocycles. The third-order valence-electron chi connectivity index (χ3n) is 6.68. The maximum Gasteiger partial charge on any atom is 0.269 e. The number of amides is 3. The van der Waals surface area contributed by atoms with Crippen LogP contribution in [0.3, 0.4) is 0 Å². The van der Waals surface area contributed by atoms with Crippen LogP contribution < -0.4 is 11.1 Å². The van der Waals surface area contributed by atoms with Crippen LogP contribution in [-0.4, -0.2) is 56.1 Å². The number of aromatic nitrogens is 3. The number of nitrogens with zero attached hydrogens (tertiary/aromatic N) is 4. The molecule has 3 N–H and O–H groups in total. The fourth-order valence-corrected chi connectivity index (χ4v) is 4.88. The molecule has 1 aliphatic rings. The van der Waals surface area contributed by atoms with Crippen molar-refractivity contribution < 1.29 is 27.6 Å². The molecule has 1 fully saturated rings. The highest BCUT2D eigenvalue weighted by Gasteiger charge is 2.40. The van der Waals surface area contributed by atoms with Crippen LogP contribution >= 0.6 is 11.6 Å². The number of carbonyl (C=O) groups is 3. The Balaban J connectivity index is 1.35. The SMILES string of the molecule is NC(=O)c1nn(CC(=O)N2C[C@H](F)C[C@H]2C(=O)NCc2cccc(Cl)c2F)c2ccc(C#Cc3cccc(F)n3)cc12. The largest absolute Gasteiger partial charge is 0.364 e. The minimum absolute atomic E-state index is 0.104. The average Bonchev–Trinajstić information content (AvgIpc) is 3.53. The maximum absolute atomic E-state index is 14.4. The summed E-state index contributed by atoms with van der Waals surface area (Å²) < 4.78 is 43.2. The highest BCUT2D eigenvalue weighted by Crippen LogP contribution is 2.24. The van der Waals surface area contributed by atoms with E-state index < -0.39 is 48.2 Å². The second-order valence-electron chi connectivity index (χ2n) is 9.52. The molecule has 9 nitrogen and oxygen atoms in total. The van der Waals surface area contributed by atoms with Crippen molar-refractivity contribution in [3.8, 4) is 11.8 Å². The number of hydrogen-bond acceptors (Lipinski definition) is 5. The van der Waals surface area contributed by atoms with Crippen molar-refractivity contribution in [2.24, 2.45) is 5.73 Å². The molecule has 214 valence electrons. The van der Waals surface area contributed by atoms with E-state index >= 15 is 0 Å². The van der Waals surface area contributed by atoms with Gasteiger partial charge in [-0.3, -0.25) is 19.1 Å². The lowest BCUT2D eigenvalue weighted by molar-refractivity contribution is -0.139. The van der Waals surface area contributed by atoms with E-state index in [0.717, 1.165) is 4.90 Å². The minimum atomic E-state index is -1.45. The van der Waals surface area contributed by atoms with E-state index in [4.69, 9.17) is 17.3 Å². The lowest BCUT2D eigenvalue weighted by Gasteiger charge is -2.24. The first kappa shape index (κ1) is 28.6. The Morgan fingerprint density at radius 2 is 1.88 bits per heavy atom. The number of nitrogens with two attached hydrogens (primary N) is 1. The van der Waals surface area contributed by atoms with E-state index in [-0.39, 0.29) is 41.5 Å². The number of alkyl halides is 1. The Hall–Kier alpha value is -4.89. The standard InChI is InChI=1S/C29H22ClF3N6O3/c30-21-5-1-3-17(26(21)33)13-35-29(42)23-12-18(31)14-38(23)25(40)15-39-22-10-8-16(11-20(22)27(37-39)28(34)41)7-9-19-4-2-6-24(32)36-19/h1-6,8,10-11,18,23H,12-15H2,(H2,34,41)(H,35,42)/t18-,23+/m1/s1. The van der Waals surface area contributed by atoms with Crippen LogP contribution in [0.5, 0.6) is 0 Å². The molecule has 4 aromatic rings. The Labute approximate surface area is 242 Å². The third kappa shape index (κ3) is 6.06. The van der Waals surface area contributed by atoms with Gasteiger partial charge in [0.25, 0.3) is 5.91 Å². The Morgan fingerprint density at radius 3 is 2.64 bits per heavy atom. The Bertz CT molecular complexity index is 1780. The first-order chi connectivity index (χ1) is 20.1. The monoisotopic (exact) mass is 594 g/mol. The minimum Gasteiger partial charge on any atom is -0.364 e. The molecule has 2 atom stereocenters. The van der Waals surface area contributed by atoms with Crippen LogP contribution in [0.15, 0.2) is 54.6 Å². The lowest BCUT2D eigenvalue weighted by Crippen LogP contribution is -2.46. The van der Waals surface area contributed by atoms with Crippen molar-refractivity contribution in [3.05, 3.63) is 93.9 Å². The summed E-state index contributed by atoms with van der Waals surface area (Å²) in [4.78, 5) is 43.1. The van der Waals surface area contributed by atoms with Crippen molar-refractivity contribution in [2.75, 3.05) is 6.54 Å². The molecule has 0 bridgehead atoms. The molecule has 1 aliphatic heterocycles. The summed E-state index contributed by atoms with van der Waals surface area (Å²) >= 11 is 5.79. The van der Waals surface area contributed by atoms with Gasteiger partial charge in [-0.05, 0) is 42.3 Å². The molecule has 0 aliphatic carbocycles. The number of primary amides is 1. The van der Waals surface area contributed by atoms with E-state index in [1.807, 2.05) is 0 Å². The molecule has 13 heteroatoms. The summed E-state index contributed by atoms with van der Waals surface area (Å²) in [5.74, 6) is 2.09.